The van der Waals surface area contributed by atoms with E-state index in [1.165, 1.54) is 17.4 Å². The molecule has 0 spiro atoms. The first kappa shape index (κ1) is 18.3. The highest BCUT2D eigenvalue weighted by Crippen LogP contribution is 2.31. The minimum absolute atomic E-state index is 0.0104. The van der Waals surface area contributed by atoms with Crippen molar-refractivity contribution in [1.29, 1.82) is 0 Å². The third-order valence-electron chi connectivity index (χ3n) is 4.20. The first-order valence-corrected chi connectivity index (χ1v) is 9.95. The molecule has 0 atom stereocenters. The number of fused-ring (bicyclic) bond motifs is 1. The Bertz CT molecular complexity index is 1380. The number of anilines is 1. The largest absolute Gasteiger partial charge is 0.350 e. The third kappa shape index (κ3) is 3.51. The van der Waals surface area contributed by atoms with Gasteiger partial charge in [-0.1, -0.05) is 64.5 Å². The highest BCUT2D eigenvalue weighted by molar-refractivity contribution is 7.18. The van der Waals surface area contributed by atoms with Crippen molar-refractivity contribution in [2.24, 2.45) is 0 Å². The van der Waals surface area contributed by atoms with E-state index in [1.54, 1.807) is 12.3 Å². The molecule has 0 aliphatic heterocycles. The van der Waals surface area contributed by atoms with Gasteiger partial charge in [0.05, 0.1) is 10.5 Å². The maximum atomic E-state index is 12.5. The smallest absolute Gasteiger partial charge is 0.296 e. The zero-order valence-corrected chi connectivity index (χ0v) is 16.7. The summed E-state index contributed by atoms with van der Waals surface area (Å²) in [6, 6.07) is 16.4. The number of aromatic nitrogens is 5. The summed E-state index contributed by atoms with van der Waals surface area (Å²) in [7, 11) is 0. The summed E-state index contributed by atoms with van der Waals surface area (Å²) in [5.74, 6) is -0.124. The molecule has 3 aromatic heterocycles. The van der Waals surface area contributed by atoms with Gasteiger partial charge in [-0.15, -0.1) is 10.2 Å². The van der Waals surface area contributed by atoms with Crippen LogP contribution in [0.3, 0.4) is 0 Å². The van der Waals surface area contributed by atoms with Crippen LogP contribution in [0.5, 0.6) is 0 Å². The van der Waals surface area contributed by atoms with Crippen LogP contribution in [0.4, 0.5) is 5.13 Å². The topological polar surface area (TPSA) is 107 Å². The second-order valence-electron chi connectivity index (χ2n) is 6.18. The minimum atomic E-state index is -0.503. The molecule has 30 heavy (non-hydrogen) atoms. The molecule has 0 aliphatic rings. The number of carbonyl (C=O) groups excluding carboxylic acids is 1. The van der Waals surface area contributed by atoms with Crippen LogP contribution in [0.25, 0.3) is 33.0 Å². The average molecular weight is 435 g/mol. The van der Waals surface area contributed by atoms with Gasteiger partial charge >= 0.3 is 0 Å². The van der Waals surface area contributed by atoms with Crippen LogP contribution in [0.15, 0.2) is 65.3 Å². The maximum Gasteiger partial charge on any atom is 0.296 e. The summed E-state index contributed by atoms with van der Waals surface area (Å²) in [5, 5.41) is 17.0. The molecule has 10 heteroatoms. The zero-order valence-electron chi connectivity index (χ0n) is 15.1. The Morgan fingerprint density at radius 3 is 2.80 bits per heavy atom. The molecule has 146 valence electrons. The highest BCUT2D eigenvalue weighted by Gasteiger charge is 2.18. The van der Waals surface area contributed by atoms with Crippen LogP contribution in [0, 0.1) is 0 Å². The number of rotatable bonds is 4. The fourth-order valence-corrected chi connectivity index (χ4v) is 3.82. The molecule has 5 rings (SSSR count). The lowest BCUT2D eigenvalue weighted by Gasteiger charge is -1.98. The molecule has 8 nitrogen and oxygen atoms in total. The number of hydrogen-bond donors (Lipinski definition) is 1. The van der Waals surface area contributed by atoms with Crippen molar-refractivity contribution in [2.45, 2.75) is 0 Å². The lowest BCUT2D eigenvalue weighted by atomic mass is 10.2. The van der Waals surface area contributed by atoms with E-state index in [2.05, 4.69) is 30.6 Å². The van der Waals surface area contributed by atoms with E-state index in [-0.39, 0.29) is 5.76 Å². The van der Waals surface area contributed by atoms with Gasteiger partial charge in [-0.2, -0.15) is 0 Å². The van der Waals surface area contributed by atoms with Gasteiger partial charge in [-0.25, -0.2) is 9.97 Å². The fraction of sp³-hybridized carbons (Fsp3) is 0. The number of carbonyl (C=O) groups is 1. The van der Waals surface area contributed by atoms with Gasteiger partial charge in [-0.3, -0.25) is 10.1 Å². The SMILES string of the molecule is O=C(Nc1nnc(-c2ccccc2Cl)s1)c1cc(-c2ncc3ccccc3n2)no1. The maximum absolute atomic E-state index is 12.5. The average Bonchev–Trinajstić information content (AvgIpc) is 3.44. The van der Waals surface area contributed by atoms with Gasteiger partial charge in [0, 0.05) is 23.2 Å². The molecule has 1 amide bonds. The van der Waals surface area contributed by atoms with E-state index in [1.807, 2.05) is 42.5 Å². The van der Waals surface area contributed by atoms with Crippen molar-refractivity contribution in [3.63, 3.8) is 0 Å². The van der Waals surface area contributed by atoms with Crippen molar-refractivity contribution < 1.29 is 9.32 Å². The zero-order chi connectivity index (χ0) is 20.5. The Morgan fingerprint density at radius 1 is 1.07 bits per heavy atom. The predicted molar refractivity (Wildman–Crippen MR) is 113 cm³/mol. The third-order valence-corrected chi connectivity index (χ3v) is 5.40. The summed E-state index contributed by atoms with van der Waals surface area (Å²) in [6.07, 6.45) is 1.70. The fourth-order valence-electron chi connectivity index (χ4n) is 2.76. The normalized spacial score (nSPS) is 11.0. The Balaban J connectivity index is 1.35. The Hall–Kier alpha value is -3.69. The van der Waals surface area contributed by atoms with Crippen molar-refractivity contribution in [3.05, 3.63) is 71.6 Å². The predicted octanol–water partition coefficient (Wildman–Crippen LogP) is 4.71. The van der Waals surface area contributed by atoms with Crippen molar-refractivity contribution in [1.82, 2.24) is 25.3 Å². The van der Waals surface area contributed by atoms with E-state index in [9.17, 15) is 4.79 Å². The molecule has 5 aromatic rings. The summed E-state index contributed by atoms with van der Waals surface area (Å²) in [6.45, 7) is 0. The van der Waals surface area contributed by atoms with Crippen LogP contribution in [0.1, 0.15) is 10.6 Å². The molecule has 0 unspecified atom stereocenters. The molecule has 0 saturated heterocycles. The van der Waals surface area contributed by atoms with Gasteiger partial charge < -0.3 is 4.52 Å². The van der Waals surface area contributed by atoms with Crippen molar-refractivity contribution in [2.75, 3.05) is 5.32 Å². The first-order chi connectivity index (χ1) is 14.7. The summed E-state index contributed by atoms with van der Waals surface area (Å²) in [4.78, 5) is 21.2. The van der Waals surface area contributed by atoms with E-state index >= 15 is 0 Å². The van der Waals surface area contributed by atoms with Gasteiger partial charge in [0.15, 0.2) is 16.5 Å². The lowest BCUT2D eigenvalue weighted by Crippen LogP contribution is -2.10. The molecular formula is C20H11ClN6O2S. The quantitative estimate of drug-likeness (QED) is 0.436. The summed E-state index contributed by atoms with van der Waals surface area (Å²) < 4.78 is 5.17. The highest BCUT2D eigenvalue weighted by atomic mass is 35.5. The van der Waals surface area contributed by atoms with E-state index in [4.69, 9.17) is 16.1 Å². The number of halogens is 1. The number of para-hydroxylation sites is 1. The first-order valence-electron chi connectivity index (χ1n) is 8.76. The van der Waals surface area contributed by atoms with Crippen LogP contribution in [0.2, 0.25) is 5.02 Å². The van der Waals surface area contributed by atoms with E-state index < -0.39 is 5.91 Å². The molecule has 0 aliphatic carbocycles. The van der Waals surface area contributed by atoms with Crippen molar-refractivity contribution in [3.8, 4) is 22.1 Å². The second-order valence-corrected chi connectivity index (χ2v) is 7.56. The van der Waals surface area contributed by atoms with Gasteiger partial charge in [0.2, 0.25) is 10.9 Å². The van der Waals surface area contributed by atoms with Crippen LogP contribution < -0.4 is 5.32 Å². The number of nitrogens with one attached hydrogen (secondary N) is 1. The Labute approximate surface area is 178 Å². The standard InChI is InChI=1S/C20H11ClN6O2S/c21-13-7-3-2-6-12(13)19-25-26-20(30-19)24-18(28)16-9-15(27-29-16)17-22-10-11-5-1-4-8-14(11)23-17/h1-10H,(H,24,26,28). The number of benzene rings is 2. The molecule has 0 bridgehead atoms. The van der Waals surface area contributed by atoms with Gasteiger partial charge in [0.1, 0.15) is 0 Å². The molecule has 0 fully saturated rings. The summed E-state index contributed by atoms with van der Waals surface area (Å²) in [5.41, 5.74) is 1.88. The van der Waals surface area contributed by atoms with Crippen LogP contribution in [-0.4, -0.2) is 31.2 Å². The van der Waals surface area contributed by atoms with Gasteiger partial charge in [-0.05, 0) is 12.1 Å². The van der Waals surface area contributed by atoms with Gasteiger partial charge in [0.25, 0.3) is 5.91 Å². The van der Waals surface area contributed by atoms with Crippen LogP contribution >= 0.6 is 22.9 Å². The van der Waals surface area contributed by atoms with Crippen molar-refractivity contribution >= 4 is 44.9 Å². The molecule has 0 saturated carbocycles. The summed E-state index contributed by atoms with van der Waals surface area (Å²) >= 11 is 7.39. The number of nitrogens with zero attached hydrogens (tertiary/aromatic N) is 5. The molecule has 0 radical (unpaired) electrons. The number of amides is 1. The molecule has 2 aromatic carbocycles. The second kappa shape index (κ2) is 7.62. The molecular weight excluding hydrogens is 424 g/mol. The lowest BCUT2D eigenvalue weighted by molar-refractivity contribution is 0.0988. The van der Waals surface area contributed by atoms with E-state index in [0.717, 1.165) is 16.5 Å². The Morgan fingerprint density at radius 2 is 1.90 bits per heavy atom. The Kier molecular flexibility index (Phi) is 4.66. The number of hydrogen-bond acceptors (Lipinski definition) is 8. The minimum Gasteiger partial charge on any atom is -0.350 e. The van der Waals surface area contributed by atoms with E-state index in [0.29, 0.717) is 26.7 Å². The molecule has 3 heterocycles. The monoisotopic (exact) mass is 434 g/mol. The molecule has 1 N–H and O–H groups in total. The van der Waals surface area contributed by atoms with Crippen LogP contribution in [-0.2, 0) is 0 Å².